The summed E-state index contributed by atoms with van der Waals surface area (Å²) in [6, 6.07) is 0. The summed E-state index contributed by atoms with van der Waals surface area (Å²) in [5.41, 5.74) is 4.35. The van der Waals surface area contributed by atoms with Crippen molar-refractivity contribution in [3.8, 4) is 0 Å². The van der Waals surface area contributed by atoms with E-state index >= 15 is 0 Å². The molecule has 4 aliphatic carbocycles. The second kappa shape index (κ2) is 5.45. The summed E-state index contributed by atoms with van der Waals surface area (Å²) < 4.78 is 12.1. The van der Waals surface area contributed by atoms with E-state index < -0.39 is 0 Å². The maximum Gasteiger partial charge on any atom is 0.172 e. The Morgan fingerprint density at radius 2 is 1.80 bits per heavy atom. The van der Waals surface area contributed by atoms with Crippen LogP contribution in [0.3, 0.4) is 0 Å². The largest absolute Gasteiger partial charge is 0.347 e. The molecule has 1 saturated heterocycles. The van der Waals surface area contributed by atoms with Crippen LogP contribution in [0, 0.1) is 28.6 Å². The molecule has 5 atom stereocenters. The van der Waals surface area contributed by atoms with E-state index in [0.717, 1.165) is 43.8 Å². The van der Waals surface area contributed by atoms with Gasteiger partial charge in [0, 0.05) is 12.8 Å². The summed E-state index contributed by atoms with van der Waals surface area (Å²) in [5.74, 6) is 2.24. The minimum Gasteiger partial charge on any atom is -0.347 e. The van der Waals surface area contributed by atoms with Gasteiger partial charge in [0.15, 0.2) is 5.79 Å². The van der Waals surface area contributed by atoms with Crippen molar-refractivity contribution in [3.63, 3.8) is 0 Å². The van der Waals surface area contributed by atoms with Crippen molar-refractivity contribution >= 4 is 0 Å². The highest BCUT2D eigenvalue weighted by atomic mass is 16.7. The molecule has 5 aliphatic rings. The van der Waals surface area contributed by atoms with Gasteiger partial charge >= 0.3 is 0 Å². The molecule has 2 nitrogen and oxygen atoms in total. The lowest BCUT2D eigenvalue weighted by Crippen LogP contribution is -2.50. The average molecular weight is 343 g/mol. The summed E-state index contributed by atoms with van der Waals surface area (Å²) in [4.78, 5) is 0. The molecule has 0 amide bonds. The van der Waals surface area contributed by atoms with Gasteiger partial charge in [-0.25, -0.2) is 0 Å². The summed E-state index contributed by atoms with van der Waals surface area (Å²) in [7, 11) is 0. The van der Waals surface area contributed by atoms with Gasteiger partial charge in [-0.15, -0.1) is 0 Å². The van der Waals surface area contributed by atoms with Gasteiger partial charge in [-0.1, -0.05) is 50.5 Å². The second-order valence-electron chi connectivity index (χ2n) is 9.84. The second-order valence-corrected chi connectivity index (χ2v) is 9.84. The Morgan fingerprint density at radius 1 is 1.00 bits per heavy atom. The monoisotopic (exact) mass is 342 g/mol. The van der Waals surface area contributed by atoms with Crippen molar-refractivity contribution in [2.45, 2.75) is 77.9 Å². The van der Waals surface area contributed by atoms with Crippen LogP contribution in [-0.4, -0.2) is 19.0 Å². The minimum absolute atomic E-state index is 0.276. The van der Waals surface area contributed by atoms with Gasteiger partial charge in [-0.2, -0.15) is 0 Å². The Morgan fingerprint density at radius 3 is 2.56 bits per heavy atom. The first-order valence-corrected chi connectivity index (χ1v) is 10.7. The van der Waals surface area contributed by atoms with Crippen molar-refractivity contribution in [2.24, 2.45) is 28.6 Å². The van der Waals surface area contributed by atoms with E-state index in [1.807, 2.05) is 5.57 Å². The third kappa shape index (κ3) is 2.16. The predicted octanol–water partition coefficient (Wildman–Crippen LogP) is 5.64. The highest BCUT2D eigenvalue weighted by Crippen LogP contribution is 2.65. The Kier molecular flexibility index (Phi) is 3.61. The first-order chi connectivity index (χ1) is 12.0. The highest BCUT2D eigenvalue weighted by molar-refractivity contribution is 5.35. The third-order valence-corrected chi connectivity index (χ3v) is 9.00. The molecule has 1 heterocycles. The van der Waals surface area contributed by atoms with E-state index in [-0.39, 0.29) is 5.79 Å². The fourth-order valence-electron chi connectivity index (χ4n) is 7.40. The molecule has 0 aromatic carbocycles. The highest BCUT2D eigenvalue weighted by Gasteiger charge is 2.57. The zero-order chi connectivity index (χ0) is 17.3. The fraction of sp³-hybridized carbons (Fsp3) is 0.826. The van der Waals surface area contributed by atoms with Gasteiger partial charge in [-0.05, 0) is 60.7 Å². The van der Waals surface area contributed by atoms with E-state index in [1.54, 1.807) is 5.57 Å². The average Bonchev–Trinajstić information content (AvgIpc) is 3.19. The van der Waals surface area contributed by atoms with Crippen LogP contribution >= 0.6 is 0 Å². The lowest BCUT2D eigenvalue weighted by Gasteiger charge is -2.57. The van der Waals surface area contributed by atoms with Crippen molar-refractivity contribution in [1.29, 1.82) is 0 Å². The molecule has 1 spiro atoms. The molecule has 0 bridgehead atoms. The molecule has 25 heavy (non-hydrogen) atoms. The summed E-state index contributed by atoms with van der Waals surface area (Å²) in [6.07, 6.45) is 15.3. The van der Waals surface area contributed by atoms with E-state index in [4.69, 9.17) is 9.47 Å². The van der Waals surface area contributed by atoms with Crippen LogP contribution in [0.15, 0.2) is 23.3 Å². The molecule has 0 aromatic heterocycles. The van der Waals surface area contributed by atoms with Crippen LogP contribution in [0.1, 0.15) is 72.1 Å². The van der Waals surface area contributed by atoms with Crippen molar-refractivity contribution in [2.75, 3.05) is 13.2 Å². The number of hydrogen-bond acceptors (Lipinski definition) is 2. The number of ether oxygens (including phenoxy) is 2. The molecule has 1 aliphatic heterocycles. The van der Waals surface area contributed by atoms with Crippen LogP contribution in [0.5, 0.6) is 0 Å². The van der Waals surface area contributed by atoms with E-state index in [0.29, 0.717) is 10.8 Å². The third-order valence-electron chi connectivity index (χ3n) is 9.00. The number of hydrogen-bond donors (Lipinski definition) is 0. The molecule has 138 valence electrons. The van der Waals surface area contributed by atoms with Gasteiger partial charge in [0.05, 0.1) is 13.2 Å². The van der Waals surface area contributed by atoms with Gasteiger partial charge < -0.3 is 9.47 Å². The van der Waals surface area contributed by atoms with Crippen LogP contribution < -0.4 is 0 Å². The molecule has 5 rings (SSSR count). The lowest BCUT2D eigenvalue weighted by atomic mass is 9.48. The Labute approximate surface area is 153 Å². The van der Waals surface area contributed by atoms with Gasteiger partial charge in [0.25, 0.3) is 0 Å². The van der Waals surface area contributed by atoms with E-state index in [2.05, 4.69) is 32.9 Å². The quantitative estimate of drug-likeness (QED) is 0.574. The van der Waals surface area contributed by atoms with Gasteiger partial charge in [0.1, 0.15) is 0 Å². The van der Waals surface area contributed by atoms with Crippen molar-refractivity contribution in [3.05, 3.63) is 23.3 Å². The maximum atomic E-state index is 6.05. The summed E-state index contributed by atoms with van der Waals surface area (Å²) in [5, 5.41) is 0. The van der Waals surface area contributed by atoms with Crippen LogP contribution in [0.25, 0.3) is 0 Å². The van der Waals surface area contributed by atoms with Gasteiger partial charge in [-0.3, -0.25) is 0 Å². The minimum atomic E-state index is -0.276. The topological polar surface area (TPSA) is 18.5 Å². The first-order valence-electron chi connectivity index (χ1n) is 10.7. The Bertz CT molecular complexity index is 626. The standard InChI is InChI=1S/C23H34O2/c1-4-16-6-8-19-18-7-5-17-15-23(24-13-14-25-23)12-11-22(17,3)20(18)9-10-21(16,19)2/h5,8,16,18,20H,4,6-7,9-15H2,1-3H3/t16-,18-,20-,21+,22-/m0/s1. The molecule has 2 heteroatoms. The molecular formula is C23H34O2. The lowest BCUT2D eigenvalue weighted by molar-refractivity contribution is -0.182. The number of allylic oxidation sites excluding steroid dienone is 3. The molecular weight excluding hydrogens is 308 g/mol. The predicted molar refractivity (Wildman–Crippen MR) is 100 cm³/mol. The normalized spacial score (nSPS) is 47.7. The summed E-state index contributed by atoms with van der Waals surface area (Å²) in [6.45, 7) is 9.08. The van der Waals surface area contributed by atoms with Gasteiger partial charge in [0.2, 0.25) is 0 Å². The number of fused-ring (bicyclic) bond motifs is 5. The molecule has 3 fully saturated rings. The Hall–Kier alpha value is -0.600. The molecule has 0 unspecified atom stereocenters. The van der Waals surface area contributed by atoms with Crippen LogP contribution in [-0.2, 0) is 9.47 Å². The zero-order valence-electron chi connectivity index (χ0n) is 16.3. The van der Waals surface area contributed by atoms with Crippen molar-refractivity contribution in [1.82, 2.24) is 0 Å². The Balaban J connectivity index is 1.46. The number of rotatable bonds is 1. The zero-order valence-corrected chi connectivity index (χ0v) is 16.3. The SMILES string of the molecule is CC[C@H]1CC=C2[C@@H]3CC=C4CC5(CC[C@]4(C)[C@H]3CC[C@@]21C)OCCO5. The smallest absolute Gasteiger partial charge is 0.172 e. The first kappa shape index (κ1) is 16.6. The molecule has 0 N–H and O–H groups in total. The molecule has 0 aromatic rings. The van der Waals surface area contributed by atoms with E-state index in [1.165, 1.54) is 38.5 Å². The van der Waals surface area contributed by atoms with Crippen molar-refractivity contribution < 1.29 is 9.47 Å². The summed E-state index contributed by atoms with van der Waals surface area (Å²) >= 11 is 0. The van der Waals surface area contributed by atoms with Crippen LogP contribution in [0.2, 0.25) is 0 Å². The maximum absolute atomic E-state index is 6.05. The van der Waals surface area contributed by atoms with Crippen LogP contribution in [0.4, 0.5) is 0 Å². The van der Waals surface area contributed by atoms with E-state index in [9.17, 15) is 0 Å². The molecule has 0 radical (unpaired) electrons. The molecule has 2 saturated carbocycles. The fourth-order valence-corrected chi connectivity index (χ4v) is 7.40.